The van der Waals surface area contributed by atoms with E-state index in [4.69, 9.17) is 4.74 Å². The van der Waals surface area contributed by atoms with Crippen LogP contribution in [0.1, 0.15) is 38.2 Å². The van der Waals surface area contributed by atoms with E-state index < -0.39 is 29.9 Å². The maximum atomic E-state index is 13.1. The van der Waals surface area contributed by atoms with E-state index in [1.165, 1.54) is 18.2 Å². The molecule has 25 heavy (non-hydrogen) atoms. The van der Waals surface area contributed by atoms with Crippen LogP contribution in [0.2, 0.25) is 0 Å². The topological polar surface area (TPSA) is 75.7 Å². The number of rotatable bonds is 4. The van der Waals surface area contributed by atoms with Crippen LogP contribution < -0.4 is 5.32 Å². The second-order valence-electron chi connectivity index (χ2n) is 6.73. The minimum atomic E-state index is -0.891. The van der Waals surface area contributed by atoms with Crippen LogP contribution in [-0.4, -0.2) is 34.9 Å². The molecule has 1 heterocycles. The van der Waals surface area contributed by atoms with Crippen molar-refractivity contribution in [2.75, 3.05) is 6.54 Å². The lowest BCUT2D eigenvalue weighted by molar-refractivity contribution is -0.149. The highest BCUT2D eigenvalue weighted by Gasteiger charge is 2.55. The predicted molar refractivity (Wildman–Crippen MR) is 86.8 cm³/mol. The Labute approximate surface area is 145 Å². The molecule has 1 aliphatic heterocycles. The third kappa shape index (κ3) is 3.36. The number of carbonyl (C=O) groups is 3. The first kappa shape index (κ1) is 17.4. The van der Waals surface area contributed by atoms with Gasteiger partial charge < -0.3 is 10.1 Å². The molecule has 0 radical (unpaired) electrons. The number of amides is 3. The molecule has 1 N–H and O–H groups in total. The van der Waals surface area contributed by atoms with Crippen LogP contribution in [0, 0.1) is 11.7 Å². The van der Waals surface area contributed by atoms with Crippen LogP contribution in [0.25, 0.3) is 0 Å². The second-order valence-corrected chi connectivity index (χ2v) is 6.73. The van der Waals surface area contributed by atoms with Crippen molar-refractivity contribution < 1.29 is 23.5 Å². The van der Waals surface area contributed by atoms with Crippen molar-refractivity contribution in [2.24, 2.45) is 5.92 Å². The molecule has 0 bridgehead atoms. The highest BCUT2D eigenvalue weighted by Crippen LogP contribution is 2.38. The van der Waals surface area contributed by atoms with Gasteiger partial charge in [-0.15, -0.1) is 0 Å². The Kier molecular flexibility index (Phi) is 4.74. The van der Waals surface area contributed by atoms with Gasteiger partial charge in [-0.3, -0.25) is 14.5 Å². The summed E-state index contributed by atoms with van der Waals surface area (Å²) in [7, 11) is 0. The van der Waals surface area contributed by atoms with E-state index in [-0.39, 0.29) is 18.4 Å². The zero-order valence-corrected chi connectivity index (χ0v) is 14.1. The largest absolute Gasteiger partial charge is 0.459 e. The van der Waals surface area contributed by atoms with Crippen LogP contribution in [-0.2, 0) is 20.9 Å². The van der Waals surface area contributed by atoms with Crippen molar-refractivity contribution in [3.63, 3.8) is 0 Å². The molecule has 3 rings (SSSR count). The zero-order chi connectivity index (χ0) is 18.0. The molecular formula is C18H21FN2O4. The van der Waals surface area contributed by atoms with Gasteiger partial charge in [0.05, 0.1) is 0 Å². The Bertz CT molecular complexity index is 708. The Morgan fingerprint density at radius 2 is 2.20 bits per heavy atom. The van der Waals surface area contributed by atoms with Crippen LogP contribution in [0.15, 0.2) is 24.3 Å². The van der Waals surface area contributed by atoms with E-state index in [0.717, 1.165) is 24.2 Å². The fourth-order valence-electron chi connectivity index (χ4n) is 3.60. The molecule has 1 saturated carbocycles. The van der Waals surface area contributed by atoms with E-state index in [0.29, 0.717) is 12.0 Å². The number of nitrogens with zero attached hydrogens (tertiary/aromatic N) is 1. The second kappa shape index (κ2) is 6.82. The molecule has 1 aliphatic carbocycles. The molecule has 2 atom stereocenters. The molecule has 7 heteroatoms. The van der Waals surface area contributed by atoms with Gasteiger partial charge in [0.2, 0.25) is 0 Å². The molecule has 1 aromatic carbocycles. The van der Waals surface area contributed by atoms with Crippen LogP contribution >= 0.6 is 0 Å². The number of ether oxygens (including phenoxy) is 1. The lowest BCUT2D eigenvalue weighted by Crippen LogP contribution is -2.54. The normalized spacial score (nSPS) is 26.0. The summed E-state index contributed by atoms with van der Waals surface area (Å²) in [5.41, 5.74) is -0.388. The summed E-state index contributed by atoms with van der Waals surface area (Å²) in [6, 6.07) is 5.15. The highest BCUT2D eigenvalue weighted by atomic mass is 19.1. The van der Waals surface area contributed by atoms with Crippen molar-refractivity contribution in [3.8, 4) is 0 Å². The van der Waals surface area contributed by atoms with Gasteiger partial charge in [-0.25, -0.2) is 9.18 Å². The Morgan fingerprint density at radius 1 is 1.40 bits per heavy atom. The first-order valence-corrected chi connectivity index (χ1v) is 8.46. The van der Waals surface area contributed by atoms with Crippen molar-refractivity contribution in [1.29, 1.82) is 0 Å². The average Bonchev–Trinajstić information content (AvgIpc) is 2.81. The number of hydrogen-bond acceptors (Lipinski definition) is 4. The van der Waals surface area contributed by atoms with E-state index in [2.05, 4.69) is 5.32 Å². The third-order valence-electron chi connectivity index (χ3n) is 5.08. The molecule has 1 aromatic rings. The minimum Gasteiger partial charge on any atom is -0.459 e. The quantitative estimate of drug-likeness (QED) is 0.669. The summed E-state index contributed by atoms with van der Waals surface area (Å²) in [4.78, 5) is 37.9. The van der Waals surface area contributed by atoms with E-state index in [1.54, 1.807) is 6.07 Å². The molecule has 0 aromatic heterocycles. The molecule has 6 nitrogen and oxygen atoms in total. The number of carbonyl (C=O) groups excluding carboxylic acids is 3. The summed E-state index contributed by atoms with van der Waals surface area (Å²) in [5, 5.41) is 2.79. The Hall–Kier alpha value is -2.44. The van der Waals surface area contributed by atoms with Gasteiger partial charge in [0.25, 0.3) is 5.91 Å². The van der Waals surface area contributed by atoms with Gasteiger partial charge in [0.15, 0.2) is 0 Å². The van der Waals surface area contributed by atoms with Crippen LogP contribution in [0.3, 0.4) is 0 Å². The predicted octanol–water partition coefficient (Wildman–Crippen LogP) is 2.37. The van der Waals surface area contributed by atoms with E-state index in [9.17, 15) is 18.8 Å². The number of halogens is 1. The van der Waals surface area contributed by atoms with Crippen molar-refractivity contribution in [2.45, 2.75) is 44.8 Å². The number of urea groups is 1. The molecule has 0 unspecified atom stereocenters. The van der Waals surface area contributed by atoms with Crippen molar-refractivity contribution in [1.82, 2.24) is 10.2 Å². The van der Waals surface area contributed by atoms with Crippen molar-refractivity contribution >= 4 is 17.9 Å². The number of esters is 1. The van der Waals surface area contributed by atoms with Gasteiger partial charge in [-0.05, 0) is 36.5 Å². The van der Waals surface area contributed by atoms with Gasteiger partial charge in [-0.2, -0.15) is 0 Å². The number of imide groups is 1. The van der Waals surface area contributed by atoms with Gasteiger partial charge in [-0.1, -0.05) is 31.9 Å². The zero-order valence-electron chi connectivity index (χ0n) is 14.1. The lowest BCUT2D eigenvalue weighted by atomic mass is 9.73. The monoisotopic (exact) mass is 348 g/mol. The minimum absolute atomic E-state index is 0.0333. The summed E-state index contributed by atoms with van der Waals surface area (Å²) >= 11 is 0. The highest BCUT2D eigenvalue weighted by molar-refractivity contribution is 6.08. The summed E-state index contributed by atoms with van der Waals surface area (Å²) in [5.74, 6) is -1.44. The molecule has 134 valence electrons. The maximum absolute atomic E-state index is 13.1. The molecule has 1 spiro atoms. The maximum Gasteiger partial charge on any atom is 0.326 e. The van der Waals surface area contributed by atoms with Gasteiger partial charge in [0.1, 0.15) is 24.5 Å². The third-order valence-corrected chi connectivity index (χ3v) is 5.08. The SMILES string of the molecule is C[C@H]1CCCC[C@]12NC(=O)N(CC(=O)OCc1cccc(F)c1)C2=O. The number of hydrogen-bond donors (Lipinski definition) is 1. The standard InChI is InChI=1S/C18H21FN2O4/c1-12-5-2-3-8-18(12)16(23)21(17(24)20-18)10-15(22)25-11-13-6-4-7-14(19)9-13/h4,6-7,9,12H,2-3,5,8,10-11H2,1H3,(H,20,24)/t12-,18-/m0/s1. The molecule has 2 fully saturated rings. The fourth-order valence-corrected chi connectivity index (χ4v) is 3.60. The average molecular weight is 348 g/mol. The summed E-state index contributed by atoms with van der Waals surface area (Å²) < 4.78 is 18.2. The van der Waals surface area contributed by atoms with Gasteiger partial charge >= 0.3 is 12.0 Å². The Morgan fingerprint density at radius 3 is 2.92 bits per heavy atom. The first-order valence-electron chi connectivity index (χ1n) is 8.46. The van der Waals surface area contributed by atoms with Crippen LogP contribution in [0.4, 0.5) is 9.18 Å². The number of benzene rings is 1. The summed E-state index contributed by atoms with van der Waals surface area (Å²) in [6.45, 7) is 1.40. The molecule has 2 aliphatic rings. The Balaban J connectivity index is 1.61. The molecule has 3 amide bonds. The van der Waals surface area contributed by atoms with Crippen molar-refractivity contribution in [3.05, 3.63) is 35.6 Å². The van der Waals surface area contributed by atoms with Gasteiger partial charge in [0, 0.05) is 0 Å². The smallest absolute Gasteiger partial charge is 0.326 e. The first-order chi connectivity index (χ1) is 11.9. The molecule has 1 saturated heterocycles. The summed E-state index contributed by atoms with van der Waals surface area (Å²) in [6.07, 6.45) is 3.35. The van der Waals surface area contributed by atoms with E-state index >= 15 is 0 Å². The number of nitrogens with one attached hydrogen (secondary N) is 1. The van der Waals surface area contributed by atoms with Crippen LogP contribution in [0.5, 0.6) is 0 Å². The fraction of sp³-hybridized carbons (Fsp3) is 0.500. The van der Waals surface area contributed by atoms with E-state index in [1.807, 2.05) is 6.92 Å². The lowest BCUT2D eigenvalue weighted by Gasteiger charge is -2.36. The molecular weight excluding hydrogens is 327 g/mol.